The van der Waals surface area contributed by atoms with Crippen LogP contribution in [0, 0.1) is 0 Å². The molecule has 2 N–H and O–H groups in total. The molecular weight excluding hydrogens is 358 g/mol. The van der Waals surface area contributed by atoms with E-state index in [1.807, 2.05) is 6.07 Å². The lowest BCUT2D eigenvalue weighted by Gasteiger charge is -2.31. The molecule has 1 saturated heterocycles. The van der Waals surface area contributed by atoms with Gasteiger partial charge in [0.15, 0.2) is 6.10 Å². The van der Waals surface area contributed by atoms with E-state index in [0.29, 0.717) is 12.6 Å². The number of carbonyl (C=O) groups is 1. The number of nitrogens with zero attached hydrogens (tertiary/aromatic N) is 4. The highest BCUT2D eigenvalue weighted by atomic mass is 19.3. The van der Waals surface area contributed by atoms with Crippen molar-refractivity contribution < 1.29 is 18.3 Å². The average molecular weight is 376 g/mol. The van der Waals surface area contributed by atoms with Crippen molar-refractivity contribution in [3.05, 3.63) is 30.1 Å². The fourth-order valence-corrected chi connectivity index (χ4v) is 3.22. The Kier molecular flexibility index (Phi) is 4.34. The molecule has 0 unspecified atom stereocenters. The maximum atomic E-state index is 14.1. The summed E-state index contributed by atoms with van der Waals surface area (Å²) < 4.78 is 33.1. The number of anilines is 2. The van der Waals surface area contributed by atoms with Crippen molar-refractivity contribution in [3.63, 3.8) is 0 Å². The molecule has 1 amide bonds. The summed E-state index contributed by atoms with van der Waals surface area (Å²) in [5, 5.41) is 5.63. The van der Waals surface area contributed by atoms with Crippen molar-refractivity contribution in [2.24, 2.45) is 0 Å². The van der Waals surface area contributed by atoms with Crippen LogP contribution < -0.4 is 15.5 Å². The molecule has 142 valence electrons. The van der Waals surface area contributed by atoms with Gasteiger partial charge in [-0.15, -0.1) is 0 Å². The number of alkyl halides is 2. The van der Waals surface area contributed by atoms with E-state index < -0.39 is 18.1 Å². The summed E-state index contributed by atoms with van der Waals surface area (Å²) in [6, 6.07) is 5.36. The Morgan fingerprint density at radius 1 is 1.26 bits per heavy atom. The highest BCUT2D eigenvalue weighted by molar-refractivity contribution is 5.88. The van der Waals surface area contributed by atoms with E-state index in [4.69, 9.17) is 4.74 Å². The van der Waals surface area contributed by atoms with Crippen molar-refractivity contribution in [2.75, 3.05) is 36.4 Å². The Morgan fingerprint density at radius 3 is 2.78 bits per heavy atom. The van der Waals surface area contributed by atoms with Gasteiger partial charge in [-0.3, -0.25) is 5.32 Å². The number of piperazine rings is 1. The van der Waals surface area contributed by atoms with Crippen LogP contribution in [0.2, 0.25) is 0 Å². The third-order valence-electron chi connectivity index (χ3n) is 4.47. The quantitative estimate of drug-likeness (QED) is 0.848. The molecule has 2 aromatic heterocycles. The predicted molar refractivity (Wildman–Crippen MR) is 93.8 cm³/mol. The van der Waals surface area contributed by atoms with Crippen molar-refractivity contribution in [1.82, 2.24) is 20.3 Å². The van der Waals surface area contributed by atoms with Crippen LogP contribution in [-0.2, 0) is 4.74 Å². The lowest BCUT2D eigenvalue weighted by atomic mass is 10.00. The standard InChI is InChI=1S/C17H18F2N6O2/c1-17(18,19)14-12-13(21-9-22-15(12)24-16(26)27-14)10-3-2-4-11(23-10)25-7-5-20-6-8-25/h2-4,9,14,20H,5-8H2,1H3,(H,21,22,24,26)/t14-/m1/s1. The van der Waals surface area contributed by atoms with Crippen LogP contribution in [-0.4, -0.2) is 53.1 Å². The Hall–Kier alpha value is -2.88. The fourth-order valence-electron chi connectivity index (χ4n) is 3.22. The largest absolute Gasteiger partial charge is 0.434 e. The minimum absolute atomic E-state index is 0.0113. The van der Waals surface area contributed by atoms with Crippen molar-refractivity contribution in [1.29, 1.82) is 0 Å². The van der Waals surface area contributed by atoms with Gasteiger partial charge in [0.25, 0.3) is 5.92 Å². The molecule has 0 radical (unpaired) electrons. The highest BCUT2D eigenvalue weighted by Crippen LogP contribution is 2.43. The van der Waals surface area contributed by atoms with E-state index in [0.717, 1.165) is 32.0 Å². The first-order valence-corrected chi connectivity index (χ1v) is 8.57. The fraction of sp³-hybridized carbons (Fsp3) is 0.412. The highest BCUT2D eigenvalue weighted by Gasteiger charge is 2.45. The molecule has 1 fully saturated rings. The minimum Gasteiger partial charge on any atom is -0.434 e. The maximum absolute atomic E-state index is 14.1. The molecule has 0 saturated carbocycles. The first kappa shape index (κ1) is 17.5. The van der Waals surface area contributed by atoms with Crippen LogP contribution in [0.15, 0.2) is 24.5 Å². The van der Waals surface area contributed by atoms with Gasteiger partial charge in [-0.1, -0.05) is 6.07 Å². The van der Waals surface area contributed by atoms with Gasteiger partial charge in [0.1, 0.15) is 23.7 Å². The van der Waals surface area contributed by atoms with Crippen LogP contribution >= 0.6 is 0 Å². The van der Waals surface area contributed by atoms with E-state index >= 15 is 0 Å². The molecule has 1 atom stereocenters. The molecule has 0 spiro atoms. The number of fused-ring (bicyclic) bond motifs is 1. The molecule has 2 aliphatic rings. The molecule has 4 heterocycles. The van der Waals surface area contributed by atoms with Gasteiger partial charge in [0.2, 0.25) is 0 Å². The number of rotatable bonds is 3. The monoisotopic (exact) mass is 376 g/mol. The third-order valence-corrected chi connectivity index (χ3v) is 4.47. The lowest BCUT2D eigenvalue weighted by Crippen LogP contribution is -2.43. The summed E-state index contributed by atoms with van der Waals surface area (Å²) in [4.78, 5) is 26.4. The van der Waals surface area contributed by atoms with E-state index in [2.05, 4.69) is 30.5 Å². The number of pyridine rings is 1. The van der Waals surface area contributed by atoms with Gasteiger partial charge in [-0.2, -0.15) is 0 Å². The molecule has 0 bridgehead atoms. The van der Waals surface area contributed by atoms with Gasteiger partial charge >= 0.3 is 6.09 Å². The third kappa shape index (κ3) is 3.39. The number of carbonyl (C=O) groups excluding carboxylic acids is 1. The zero-order valence-corrected chi connectivity index (χ0v) is 14.6. The van der Waals surface area contributed by atoms with E-state index in [-0.39, 0.29) is 17.1 Å². The second kappa shape index (κ2) is 6.69. The van der Waals surface area contributed by atoms with Gasteiger partial charge in [-0.05, 0) is 12.1 Å². The minimum atomic E-state index is -3.30. The molecule has 8 nitrogen and oxygen atoms in total. The van der Waals surface area contributed by atoms with E-state index in [1.165, 1.54) is 6.33 Å². The molecule has 2 aliphatic heterocycles. The maximum Gasteiger partial charge on any atom is 0.413 e. The Labute approximate surface area is 154 Å². The number of cyclic esters (lactones) is 1. The van der Waals surface area contributed by atoms with Gasteiger partial charge in [-0.25, -0.2) is 28.5 Å². The summed E-state index contributed by atoms with van der Waals surface area (Å²) in [6.45, 7) is 3.99. The normalized spacial score (nSPS) is 19.9. The number of hydrogen-bond donors (Lipinski definition) is 2. The van der Waals surface area contributed by atoms with E-state index in [9.17, 15) is 13.6 Å². The zero-order valence-electron chi connectivity index (χ0n) is 14.6. The van der Waals surface area contributed by atoms with Gasteiger partial charge in [0.05, 0.1) is 11.3 Å². The summed E-state index contributed by atoms with van der Waals surface area (Å²) in [7, 11) is 0. The first-order valence-electron chi connectivity index (χ1n) is 8.57. The average Bonchev–Trinajstić information content (AvgIpc) is 2.67. The van der Waals surface area contributed by atoms with Crippen LogP contribution in [0.5, 0.6) is 0 Å². The Balaban J connectivity index is 1.79. The van der Waals surface area contributed by atoms with E-state index in [1.54, 1.807) is 12.1 Å². The predicted octanol–water partition coefficient (Wildman–Crippen LogP) is 2.21. The topological polar surface area (TPSA) is 92.3 Å². The number of hydrogen-bond acceptors (Lipinski definition) is 7. The SMILES string of the molecule is CC(F)(F)[C@@H]1OC(=O)Nc2ncnc(-c3cccc(N4CCNCC4)n3)c21. The molecule has 10 heteroatoms. The molecule has 0 aromatic carbocycles. The van der Waals surface area contributed by atoms with Crippen LogP contribution in [0.4, 0.5) is 25.2 Å². The summed E-state index contributed by atoms with van der Waals surface area (Å²) in [6.07, 6.45) is -1.55. The molecule has 27 heavy (non-hydrogen) atoms. The summed E-state index contributed by atoms with van der Waals surface area (Å²) in [5.74, 6) is -2.55. The van der Waals surface area contributed by atoms with Gasteiger partial charge in [0, 0.05) is 33.1 Å². The number of nitrogens with one attached hydrogen (secondary N) is 2. The number of ether oxygens (including phenoxy) is 1. The van der Waals surface area contributed by atoms with Crippen LogP contribution in [0.3, 0.4) is 0 Å². The Bertz CT molecular complexity index is 867. The number of amides is 1. The second-order valence-corrected chi connectivity index (χ2v) is 6.47. The molecule has 0 aliphatic carbocycles. The molecular formula is C17H18F2N6O2. The van der Waals surface area contributed by atoms with Crippen LogP contribution in [0.25, 0.3) is 11.4 Å². The number of aromatic nitrogens is 3. The summed E-state index contributed by atoms with van der Waals surface area (Å²) >= 11 is 0. The van der Waals surface area contributed by atoms with Gasteiger partial charge < -0.3 is 15.0 Å². The van der Waals surface area contributed by atoms with Crippen molar-refractivity contribution >= 4 is 17.7 Å². The number of halogens is 2. The van der Waals surface area contributed by atoms with Crippen molar-refractivity contribution in [3.8, 4) is 11.4 Å². The van der Waals surface area contributed by atoms with Crippen molar-refractivity contribution in [2.45, 2.75) is 19.0 Å². The second-order valence-electron chi connectivity index (χ2n) is 6.47. The smallest absolute Gasteiger partial charge is 0.413 e. The first-order chi connectivity index (χ1) is 12.9. The zero-order chi connectivity index (χ0) is 19.0. The molecule has 2 aromatic rings. The summed E-state index contributed by atoms with van der Waals surface area (Å²) in [5.41, 5.74) is 0.650. The lowest BCUT2D eigenvalue weighted by molar-refractivity contribution is -0.0985. The van der Waals surface area contributed by atoms with Crippen LogP contribution in [0.1, 0.15) is 18.6 Å². The molecule has 4 rings (SSSR count). The Morgan fingerprint density at radius 2 is 2.04 bits per heavy atom.